The van der Waals surface area contributed by atoms with E-state index in [1.165, 1.54) is 4.90 Å². The lowest BCUT2D eigenvalue weighted by Crippen LogP contribution is -2.53. The molecule has 150 valence electrons. The minimum absolute atomic E-state index is 0.141. The average molecular weight is 393 g/mol. The number of ether oxygens (including phenoxy) is 1. The first-order valence-electron chi connectivity index (χ1n) is 8.73. The number of carbonyl (C=O) groups excluding carboxylic acids is 2. The Kier molecular flexibility index (Phi) is 5.88. The summed E-state index contributed by atoms with van der Waals surface area (Å²) >= 11 is 0. The molecule has 2 aromatic rings. The first kappa shape index (κ1) is 19.7. The van der Waals surface area contributed by atoms with Crippen LogP contribution in [0.3, 0.4) is 0 Å². The zero-order valence-electron chi connectivity index (χ0n) is 15.3. The molecule has 28 heavy (non-hydrogen) atoms. The van der Waals surface area contributed by atoms with E-state index in [2.05, 4.69) is 10.4 Å². The van der Waals surface area contributed by atoms with Gasteiger partial charge >= 0.3 is 0 Å². The Morgan fingerprint density at radius 3 is 2.71 bits per heavy atom. The molecule has 0 saturated carbocycles. The van der Waals surface area contributed by atoms with Crippen LogP contribution in [0.5, 0.6) is 0 Å². The molecule has 0 spiro atoms. The second-order valence-electron chi connectivity index (χ2n) is 6.51. The fourth-order valence-corrected chi connectivity index (χ4v) is 3.00. The topological polar surface area (TPSA) is 102 Å². The minimum atomic E-state index is -0.988. The van der Waals surface area contributed by atoms with E-state index in [9.17, 15) is 18.4 Å². The number of carbonyl (C=O) groups is 2. The first-order valence-corrected chi connectivity index (χ1v) is 8.73. The molecule has 0 aliphatic carbocycles. The number of hydrogen-bond acceptors (Lipinski definition) is 5. The molecule has 3 N–H and O–H groups in total. The number of aryl methyl sites for hydroxylation is 1. The Balaban J connectivity index is 1.66. The molecule has 1 fully saturated rings. The third-order valence-electron chi connectivity index (χ3n) is 4.61. The number of nitrogen functional groups attached to an aromatic ring is 1. The van der Waals surface area contributed by atoms with Crippen LogP contribution in [0.4, 0.5) is 14.5 Å². The number of benzene rings is 1. The van der Waals surface area contributed by atoms with Crippen LogP contribution in [0.2, 0.25) is 0 Å². The van der Waals surface area contributed by atoms with Gasteiger partial charge in [0, 0.05) is 37.6 Å². The largest absolute Gasteiger partial charge is 0.394 e. The zero-order valence-corrected chi connectivity index (χ0v) is 15.3. The van der Waals surface area contributed by atoms with E-state index in [4.69, 9.17) is 10.5 Å². The van der Waals surface area contributed by atoms with Gasteiger partial charge < -0.3 is 20.7 Å². The van der Waals surface area contributed by atoms with Crippen molar-refractivity contribution in [2.75, 3.05) is 32.0 Å². The highest BCUT2D eigenvalue weighted by atomic mass is 19.1. The smallest absolute Gasteiger partial charge is 0.254 e. The molecule has 1 aromatic heterocycles. The molecule has 1 aliphatic heterocycles. The fraction of sp³-hybridized carbons (Fsp3) is 0.389. The SMILES string of the molecule is Cn1nccc1CC(=O)NCC1COCCN1C(=O)c1cc(F)c(N)c(F)c1. The summed E-state index contributed by atoms with van der Waals surface area (Å²) in [6.45, 7) is 0.903. The van der Waals surface area contributed by atoms with E-state index >= 15 is 0 Å². The molecule has 10 heteroatoms. The molecule has 1 unspecified atom stereocenters. The fourth-order valence-electron chi connectivity index (χ4n) is 3.00. The Morgan fingerprint density at radius 1 is 1.36 bits per heavy atom. The lowest BCUT2D eigenvalue weighted by atomic mass is 10.1. The van der Waals surface area contributed by atoms with Crippen LogP contribution in [-0.2, 0) is 23.0 Å². The van der Waals surface area contributed by atoms with Crippen LogP contribution in [0.25, 0.3) is 0 Å². The van der Waals surface area contributed by atoms with Crippen molar-refractivity contribution in [1.82, 2.24) is 20.0 Å². The summed E-state index contributed by atoms with van der Waals surface area (Å²) in [6.07, 6.45) is 1.75. The van der Waals surface area contributed by atoms with Crippen molar-refractivity contribution in [3.63, 3.8) is 0 Å². The molecular weight excluding hydrogens is 372 g/mol. The molecule has 1 aliphatic rings. The van der Waals surface area contributed by atoms with Gasteiger partial charge in [-0.15, -0.1) is 0 Å². The summed E-state index contributed by atoms with van der Waals surface area (Å²) in [4.78, 5) is 26.4. The molecule has 0 radical (unpaired) electrons. The molecule has 8 nitrogen and oxygen atoms in total. The number of halogens is 2. The molecule has 1 aromatic carbocycles. The van der Waals surface area contributed by atoms with Crippen LogP contribution < -0.4 is 11.1 Å². The van der Waals surface area contributed by atoms with Crippen molar-refractivity contribution < 1.29 is 23.1 Å². The number of nitrogens with two attached hydrogens (primary N) is 1. The number of nitrogens with one attached hydrogen (secondary N) is 1. The summed E-state index contributed by atoms with van der Waals surface area (Å²) in [7, 11) is 1.74. The quantitative estimate of drug-likeness (QED) is 0.720. The minimum Gasteiger partial charge on any atom is -0.394 e. The Bertz CT molecular complexity index is 863. The van der Waals surface area contributed by atoms with Gasteiger partial charge in [0.2, 0.25) is 5.91 Å². The maximum absolute atomic E-state index is 13.7. The van der Waals surface area contributed by atoms with Crippen molar-refractivity contribution in [2.24, 2.45) is 7.05 Å². The van der Waals surface area contributed by atoms with Gasteiger partial charge in [0.1, 0.15) is 17.3 Å². The van der Waals surface area contributed by atoms with Gasteiger partial charge in [-0.1, -0.05) is 0 Å². The molecule has 2 heterocycles. The number of rotatable bonds is 5. The second-order valence-corrected chi connectivity index (χ2v) is 6.51. The maximum atomic E-state index is 13.7. The van der Waals surface area contributed by atoms with Crippen molar-refractivity contribution >= 4 is 17.5 Å². The molecular formula is C18H21F2N5O3. The predicted octanol–water partition coefficient (Wildman–Crippen LogP) is 0.480. The Hall–Kier alpha value is -3.01. The Morgan fingerprint density at radius 2 is 2.07 bits per heavy atom. The normalized spacial score (nSPS) is 16.8. The summed E-state index contributed by atoms with van der Waals surface area (Å²) in [5, 5.41) is 6.77. The number of nitrogens with zero attached hydrogens (tertiary/aromatic N) is 3. The Labute approximate surface area is 160 Å². The number of hydrogen-bond donors (Lipinski definition) is 2. The van der Waals surface area contributed by atoms with Crippen molar-refractivity contribution in [3.8, 4) is 0 Å². The molecule has 0 bridgehead atoms. The summed E-state index contributed by atoms with van der Waals surface area (Å²) in [5.74, 6) is -2.76. The van der Waals surface area contributed by atoms with Crippen LogP contribution >= 0.6 is 0 Å². The van der Waals surface area contributed by atoms with Gasteiger partial charge in [-0.25, -0.2) is 8.78 Å². The lowest BCUT2D eigenvalue weighted by molar-refractivity contribution is -0.121. The molecule has 2 amide bonds. The van der Waals surface area contributed by atoms with Crippen molar-refractivity contribution in [3.05, 3.63) is 47.3 Å². The number of morpholine rings is 1. The summed E-state index contributed by atoms with van der Waals surface area (Å²) in [6, 6.07) is 3.10. The molecule has 3 rings (SSSR count). The van der Waals surface area contributed by atoms with Crippen LogP contribution in [0.15, 0.2) is 24.4 Å². The number of amides is 2. The van der Waals surface area contributed by atoms with E-state index in [0.717, 1.165) is 17.8 Å². The van der Waals surface area contributed by atoms with E-state index in [1.54, 1.807) is 24.0 Å². The second kappa shape index (κ2) is 8.34. The standard InChI is InChI=1S/C18H21F2N5O3/c1-24-12(2-3-23-24)8-16(26)22-9-13-10-28-5-4-25(13)18(27)11-6-14(19)17(21)15(20)7-11/h2-3,6-7,13H,4-5,8-10,21H2,1H3,(H,22,26). The maximum Gasteiger partial charge on any atom is 0.254 e. The van der Waals surface area contributed by atoms with Crippen LogP contribution in [-0.4, -0.2) is 58.8 Å². The van der Waals surface area contributed by atoms with E-state index in [-0.39, 0.29) is 37.6 Å². The van der Waals surface area contributed by atoms with E-state index in [0.29, 0.717) is 6.61 Å². The van der Waals surface area contributed by atoms with E-state index < -0.39 is 29.3 Å². The highest BCUT2D eigenvalue weighted by molar-refractivity contribution is 5.95. The highest BCUT2D eigenvalue weighted by Crippen LogP contribution is 2.20. The van der Waals surface area contributed by atoms with Crippen molar-refractivity contribution in [2.45, 2.75) is 12.5 Å². The van der Waals surface area contributed by atoms with Crippen LogP contribution in [0.1, 0.15) is 16.1 Å². The number of anilines is 1. The third kappa shape index (κ3) is 4.28. The molecule has 1 atom stereocenters. The lowest BCUT2D eigenvalue weighted by Gasteiger charge is -2.35. The summed E-state index contributed by atoms with van der Waals surface area (Å²) < 4.78 is 34.4. The van der Waals surface area contributed by atoms with Gasteiger partial charge in [-0.2, -0.15) is 5.10 Å². The number of aromatic nitrogens is 2. The van der Waals surface area contributed by atoms with Gasteiger partial charge in [0.25, 0.3) is 5.91 Å². The zero-order chi connectivity index (χ0) is 20.3. The van der Waals surface area contributed by atoms with Gasteiger partial charge in [-0.3, -0.25) is 14.3 Å². The van der Waals surface area contributed by atoms with Gasteiger partial charge in [0.15, 0.2) is 0 Å². The first-order chi connectivity index (χ1) is 13.4. The average Bonchev–Trinajstić information content (AvgIpc) is 3.08. The third-order valence-corrected chi connectivity index (χ3v) is 4.61. The van der Waals surface area contributed by atoms with Crippen LogP contribution in [0, 0.1) is 11.6 Å². The predicted molar refractivity (Wildman–Crippen MR) is 96.3 cm³/mol. The van der Waals surface area contributed by atoms with Gasteiger partial charge in [-0.05, 0) is 18.2 Å². The highest BCUT2D eigenvalue weighted by Gasteiger charge is 2.29. The summed E-state index contributed by atoms with van der Waals surface area (Å²) in [5.41, 5.74) is 5.23. The van der Waals surface area contributed by atoms with Gasteiger partial charge in [0.05, 0.1) is 25.7 Å². The van der Waals surface area contributed by atoms with E-state index in [1.807, 2.05) is 0 Å². The van der Waals surface area contributed by atoms with Crippen molar-refractivity contribution in [1.29, 1.82) is 0 Å². The monoisotopic (exact) mass is 393 g/mol. The molecule has 1 saturated heterocycles.